The lowest BCUT2D eigenvalue weighted by Gasteiger charge is -2.16. The minimum atomic E-state index is -0.571. The smallest absolute Gasteiger partial charge is 0.312 e. The van der Waals surface area contributed by atoms with Gasteiger partial charge in [0.15, 0.2) is 23.4 Å². The van der Waals surface area contributed by atoms with Crippen molar-refractivity contribution in [2.45, 2.75) is 27.5 Å². The van der Waals surface area contributed by atoms with Crippen molar-refractivity contribution in [3.05, 3.63) is 41.8 Å². The molecule has 0 N–H and O–H groups in total. The lowest BCUT2D eigenvalue weighted by atomic mass is 9.98. The first-order chi connectivity index (χ1) is 11.4. The maximum atomic E-state index is 11.9. The Morgan fingerprint density at radius 3 is 2.58 bits per heavy atom. The van der Waals surface area contributed by atoms with E-state index in [1.165, 1.54) is 6.33 Å². The minimum Gasteiger partial charge on any atom is -0.443 e. The third kappa shape index (κ3) is 3.23. The third-order valence-corrected chi connectivity index (χ3v) is 3.66. The van der Waals surface area contributed by atoms with E-state index in [1.54, 1.807) is 25.3 Å². The molecule has 0 saturated carbocycles. The van der Waals surface area contributed by atoms with Gasteiger partial charge in [-0.3, -0.25) is 9.36 Å². The van der Waals surface area contributed by atoms with Gasteiger partial charge in [0.1, 0.15) is 5.52 Å². The fourth-order valence-electron chi connectivity index (χ4n) is 2.07. The monoisotopic (exact) mass is 344 g/mol. The summed E-state index contributed by atoms with van der Waals surface area (Å²) in [7, 11) is 0. The highest BCUT2D eigenvalue weighted by Crippen LogP contribution is 2.24. The summed E-state index contributed by atoms with van der Waals surface area (Å²) in [5.74, 6) is 0.199. The highest BCUT2D eigenvalue weighted by atomic mass is 35.5. The number of fused-ring (bicyclic) bond motifs is 1. The molecule has 7 heteroatoms. The normalized spacial score (nSPS) is 11.7. The van der Waals surface area contributed by atoms with Crippen LogP contribution in [0.15, 0.2) is 36.7 Å². The van der Waals surface area contributed by atoms with Crippen LogP contribution in [-0.2, 0) is 16.3 Å². The molecular formula is C17H17ClN4O2. The van der Waals surface area contributed by atoms with Gasteiger partial charge in [0.05, 0.1) is 11.7 Å². The second kappa shape index (κ2) is 6.20. The van der Waals surface area contributed by atoms with Crippen LogP contribution < -0.4 is 0 Å². The molecule has 0 atom stereocenters. The minimum absolute atomic E-state index is 0.0220. The van der Waals surface area contributed by atoms with Crippen molar-refractivity contribution in [2.24, 2.45) is 5.41 Å². The molecule has 0 unspecified atom stereocenters. The Morgan fingerprint density at radius 2 is 1.92 bits per heavy atom. The molecule has 0 amide bonds. The molecule has 124 valence electrons. The van der Waals surface area contributed by atoms with Gasteiger partial charge in [-0.2, -0.15) is 0 Å². The number of esters is 1. The molecule has 0 spiro atoms. The molecule has 0 fully saturated rings. The zero-order chi connectivity index (χ0) is 17.3. The Kier molecular flexibility index (Phi) is 4.24. The van der Waals surface area contributed by atoms with Crippen LogP contribution in [0.25, 0.3) is 22.6 Å². The maximum absolute atomic E-state index is 11.9. The predicted molar refractivity (Wildman–Crippen MR) is 91.3 cm³/mol. The number of carbonyl (C=O) groups is 1. The largest absolute Gasteiger partial charge is 0.443 e. The van der Waals surface area contributed by atoms with E-state index in [0.717, 1.165) is 5.56 Å². The Morgan fingerprint density at radius 1 is 1.21 bits per heavy atom. The van der Waals surface area contributed by atoms with E-state index >= 15 is 0 Å². The van der Waals surface area contributed by atoms with E-state index in [9.17, 15) is 4.79 Å². The van der Waals surface area contributed by atoms with Crippen molar-refractivity contribution >= 4 is 28.7 Å². The highest BCUT2D eigenvalue weighted by molar-refractivity contribution is 6.33. The van der Waals surface area contributed by atoms with Gasteiger partial charge < -0.3 is 4.74 Å². The molecule has 0 aliphatic rings. The average molecular weight is 345 g/mol. The standard InChI is InChI=1S/C17H17ClN4O2/c1-17(2,3)16(23)24-10-22-9-19-12-13(18)20-14(21-15(12)22)11-7-5-4-6-8-11/h4-9H,10H2,1-3H3. The number of ether oxygens (including phenoxy) is 1. The first-order valence-electron chi connectivity index (χ1n) is 7.47. The number of imidazole rings is 1. The third-order valence-electron chi connectivity index (χ3n) is 3.40. The topological polar surface area (TPSA) is 69.9 Å². The molecule has 1 aromatic carbocycles. The molecule has 3 rings (SSSR count). The summed E-state index contributed by atoms with van der Waals surface area (Å²) in [6, 6.07) is 9.52. The van der Waals surface area contributed by atoms with E-state index in [-0.39, 0.29) is 17.9 Å². The maximum Gasteiger partial charge on any atom is 0.312 e. The van der Waals surface area contributed by atoms with Crippen molar-refractivity contribution in [3.8, 4) is 11.4 Å². The number of carbonyl (C=O) groups excluding carboxylic acids is 1. The van der Waals surface area contributed by atoms with E-state index in [1.807, 2.05) is 30.3 Å². The summed E-state index contributed by atoms with van der Waals surface area (Å²) in [4.78, 5) is 25.0. The molecule has 2 heterocycles. The van der Waals surface area contributed by atoms with Gasteiger partial charge in [0.25, 0.3) is 0 Å². The van der Waals surface area contributed by atoms with E-state index in [0.29, 0.717) is 17.0 Å². The molecular weight excluding hydrogens is 328 g/mol. The lowest BCUT2D eigenvalue weighted by Crippen LogP contribution is -2.24. The number of halogens is 1. The number of nitrogens with zero attached hydrogens (tertiary/aromatic N) is 4. The highest BCUT2D eigenvalue weighted by Gasteiger charge is 2.23. The SMILES string of the molecule is CC(C)(C)C(=O)OCn1cnc2c(Cl)nc(-c3ccccc3)nc21. The Balaban J connectivity index is 1.96. The van der Waals surface area contributed by atoms with Crippen LogP contribution in [0.2, 0.25) is 5.15 Å². The second-order valence-electron chi connectivity index (χ2n) is 6.40. The van der Waals surface area contributed by atoms with Crippen molar-refractivity contribution in [1.82, 2.24) is 19.5 Å². The fourth-order valence-corrected chi connectivity index (χ4v) is 2.28. The first kappa shape index (κ1) is 16.4. The van der Waals surface area contributed by atoms with Crippen LogP contribution in [0.3, 0.4) is 0 Å². The van der Waals surface area contributed by atoms with Crippen LogP contribution >= 0.6 is 11.6 Å². The molecule has 0 aliphatic heterocycles. The Bertz CT molecular complexity index is 885. The fraction of sp³-hybridized carbons (Fsp3) is 0.294. The molecule has 0 bridgehead atoms. The zero-order valence-corrected chi connectivity index (χ0v) is 14.4. The summed E-state index contributed by atoms with van der Waals surface area (Å²) < 4.78 is 6.96. The van der Waals surface area contributed by atoms with Gasteiger partial charge >= 0.3 is 5.97 Å². The summed E-state index contributed by atoms with van der Waals surface area (Å²) in [5.41, 5.74) is 1.28. The van der Waals surface area contributed by atoms with Crippen LogP contribution in [0, 0.1) is 5.41 Å². The number of benzene rings is 1. The summed E-state index contributed by atoms with van der Waals surface area (Å²) >= 11 is 6.23. The Hall–Kier alpha value is -2.47. The van der Waals surface area contributed by atoms with Crippen LogP contribution in [0.5, 0.6) is 0 Å². The van der Waals surface area contributed by atoms with Crippen LogP contribution in [-0.4, -0.2) is 25.5 Å². The molecule has 2 aromatic heterocycles. The molecule has 0 aliphatic carbocycles. The van der Waals surface area contributed by atoms with Crippen molar-refractivity contribution < 1.29 is 9.53 Å². The van der Waals surface area contributed by atoms with Crippen LogP contribution in [0.1, 0.15) is 20.8 Å². The molecule has 3 aromatic rings. The number of aromatic nitrogens is 4. The van der Waals surface area contributed by atoms with Gasteiger partial charge in [0.2, 0.25) is 0 Å². The van der Waals surface area contributed by atoms with Gasteiger partial charge in [-0.1, -0.05) is 41.9 Å². The molecule has 0 saturated heterocycles. The van der Waals surface area contributed by atoms with E-state index in [4.69, 9.17) is 16.3 Å². The molecule has 6 nitrogen and oxygen atoms in total. The van der Waals surface area contributed by atoms with Gasteiger partial charge in [0, 0.05) is 5.56 Å². The Labute approximate surface area is 144 Å². The molecule has 24 heavy (non-hydrogen) atoms. The van der Waals surface area contributed by atoms with Gasteiger partial charge in [-0.05, 0) is 20.8 Å². The van der Waals surface area contributed by atoms with Crippen LogP contribution in [0.4, 0.5) is 0 Å². The van der Waals surface area contributed by atoms with Crippen molar-refractivity contribution in [3.63, 3.8) is 0 Å². The molecule has 0 radical (unpaired) electrons. The lowest BCUT2D eigenvalue weighted by molar-refractivity contribution is -0.156. The van der Waals surface area contributed by atoms with Gasteiger partial charge in [-0.25, -0.2) is 15.0 Å². The average Bonchev–Trinajstić information content (AvgIpc) is 2.96. The number of hydrogen-bond acceptors (Lipinski definition) is 5. The quantitative estimate of drug-likeness (QED) is 0.535. The van der Waals surface area contributed by atoms with E-state index in [2.05, 4.69) is 15.0 Å². The van der Waals surface area contributed by atoms with Crippen molar-refractivity contribution in [2.75, 3.05) is 0 Å². The summed E-state index contributed by atoms with van der Waals surface area (Å²) in [6.07, 6.45) is 1.54. The number of rotatable bonds is 3. The first-order valence-corrected chi connectivity index (χ1v) is 7.85. The van der Waals surface area contributed by atoms with Crippen molar-refractivity contribution in [1.29, 1.82) is 0 Å². The summed E-state index contributed by atoms with van der Waals surface area (Å²) in [6.45, 7) is 5.42. The summed E-state index contributed by atoms with van der Waals surface area (Å²) in [5, 5.41) is 0.264. The number of hydrogen-bond donors (Lipinski definition) is 0. The van der Waals surface area contributed by atoms with E-state index < -0.39 is 5.41 Å². The van der Waals surface area contributed by atoms with Gasteiger partial charge in [-0.15, -0.1) is 0 Å². The zero-order valence-electron chi connectivity index (χ0n) is 13.7. The predicted octanol–water partition coefficient (Wildman–Crippen LogP) is 3.69. The second-order valence-corrected chi connectivity index (χ2v) is 6.76.